The van der Waals surface area contributed by atoms with E-state index in [1.807, 2.05) is 7.11 Å². The molecule has 1 heterocycles. The van der Waals surface area contributed by atoms with Gasteiger partial charge in [0.05, 0.1) is 12.2 Å². The van der Waals surface area contributed by atoms with Gasteiger partial charge in [-0.25, -0.2) is 0 Å². The molecular weight excluding hydrogens is 228 g/mol. The molecule has 0 saturated carbocycles. The smallest absolute Gasteiger partial charge is 0.0777 e. The van der Waals surface area contributed by atoms with E-state index in [0.717, 1.165) is 39.1 Å². The van der Waals surface area contributed by atoms with Crippen molar-refractivity contribution in [3.05, 3.63) is 0 Å². The van der Waals surface area contributed by atoms with Crippen LogP contribution in [0.5, 0.6) is 0 Å². The molecule has 2 atom stereocenters. The minimum atomic E-state index is 0.0284. The lowest BCUT2D eigenvalue weighted by Gasteiger charge is -2.40. The Kier molecular flexibility index (Phi) is 7.15. The van der Waals surface area contributed by atoms with E-state index in [4.69, 9.17) is 9.47 Å². The van der Waals surface area contributed by atoms with Crippen molar-refractivity contribution in [3.63, 3.8) is 0 Å². The zero-order valence-corrected chi connectivity index (χ0v) is 12.5. The van der Waals surface area contributed by atoms with Crippen LogP contribution in [0.3, 0.4) is 0 Å². The Bertz CT molecular complexity index is 226. The standard InChI is InChI=1S/C14H30N2O2/c1-5-8-15-13(11-17-3)10-16-9-6-7-14(2,12-16)18-4/h13,15H,5-12H2,1-4H3. The number of methoxy groups -OCH3 is 2. The first-order chi connectivity index (χ1) is 8.63. The molecule has 0 spiro atoms. The summed E-state index contributed by atoms with van der Waals surface area (Å²) in [6.45, 7) is 9.49. The van der Waals surface area contributed by atoms with Gasteiger partial charge >= 0.3 is 0 Å². The highest BCUT2D eigenvalue weighted by molar-refractivity contribution is 4.86. The average molecular weight is 258 g/mol. The van der Waals surface area contributed by atoms with Crippen LogP contribution in [-0.4, -0.2) is 63.5 Å². The summed E-state index contributed by atoms with van der Waals surface area (Å²) in [7, 11) is 3.60. The van der Waals surface area contributed by atoms with Crippen LogP contribution in [0.1, 0.15) is 33.1 Å². The van der Waals surface area contributed by atoms with Crippen molar-refractivity contribution in [2.45, 2.75) is 44.8 Å². The second kappa shape index (κ2) is 8.10. The number of nitrogens with zero attached hydrogens (tertiary/aromatic N) is 1. The number of hydrogen-bond acceptors (Lipinski definition) is 4. The Hall–Kier alpha value is -0.160. The van der Waals surface area contributed by atoms with Crippen molar-refractivity contribution in [2.75, 3.05) is 47.0 Å². The van der Waals surface area contributed by atoms with Crippen molar-refractivity contribution in [3.8, 4) is 0 Å². The van der Waals surface area contributed by atoms with E-state index in [1.165, 1.54) is 13.0 Å². The lowest BCUT2D eigenvalue weighted by Crippen LogP contribution is -2.52. The number of rotatable bonds is 8. The SMILES string of the molecule is CCCNC(COC)CN1CCCC(C)(OC)C1. The summed E-state index contributed by atoms with van der Waals surface area (Å²) >= 11 is 0. The molecule has 1 aliphatic rings. The molecule has 1 saturated heterocycles. The van der Waals surface area contributed by atoms with Crippen LogP contribution in [0.2, 0.25) is 0 Å². The van der Waals surface area contributed by atoms with Gasteiger partial charge in [0.2, 0.25) is 0 Å². The van der Waals surface area contributed by atoms with E-state index in [-0.39, 0.29) is 5.60 Å². The highest BCUT2D eigenvalue weighted by atomic mass is 16.5. The summed E-state index contributed by atoms with van der Waals surface area (Å²) in [4.78, 5) is 2.50. The van der Waals surface area contributed by atoms with Gasteiger partial charge in [0, 0.05) is 33.4 Å². The normalized spacial score (nSPS) is 27.3. The van der Waals surface area contributed by atoms with Crippen molar-refractivity contribution < 1.29 is 9.47 Å². The maximum atomic E-state index is 5.64. The summed E-state index contributed by atoms with van der Waals surface area (Å²) in [5.74, 6) is 0. The minimum Gasteiger partial charge on any atom is -0.383 e. The minimum absolute atomic E-state index is 0.0284. The van der Waals surface area contributed by atoms with Gasteiger partial charge in [-0.2, -0.15) is 0 Å². The number of nitrogens with one attached hydrogen (secondary N) is 1. The monoisotopic (exact) mass is 258 g/mol. The van der Waals surface area contributed by atoms with E-state index >= 15 is 0 Å². The van der Waals surface area contributed by atoms with Crippen molar-refractivity contribution in [1.82, 2.24) is 10.2 Å². The van der Waals surface area contributed by atoms with Gasteiger partial charge in [-0.05, 0) is 39.3 Å². The van der Waals surface area contributed by atoms with Crippen LogP contribution in [0.25, 0.3) is 0 Å². The zero-order chi connectivity index (χ0) is 13.4. The summed E-state index contributed by atoms with van der Waals surface area (Å²) in [6.07, 6.45) is 3.55. The predicted octanol–water partition coefficient (Wildman–Crippen LogP) is 1.50. The van der Waals surface area contributed by atoms with E-state index < -0.39 is 0 Å². The second-order valence-corrected chi connectivity index (χ2v) is 5.60. The number of hydrogen-bond donors (Lipinski definition) is 1. The third kappa shape index (κ3) is 5.22. The van der Waals surface area contributed by atoms with E-state index in [2.05, 4.69) is 24.1 Å². The van der Waals surface area contributed by atoms with Crippen LogP contribution in [0.4, 0.5) is 0 Å². The number of likely N-dealkylation sites (tertiary alicyclic amines) is 1. The quantitative estimate of drug-likeness (QED) is 0.715. The molecule has 108 valence electrons. The highest BCUT2D eigenvalue weighted by Gasteiger charge is 2.31. The Morgan fingerprint density at radius 1 is 1.39 bits per heavy atom. The first-order valence-electron chi connectivity index (χ1n) is 7.13. The van der Waals surface area contributed by atoms with Gasteiger partial charge in [-0.15, -0.1) is 0 Å². The summed E-state index contributed by atoms with van der Waals surface area (Å²) < 4.78 is 10.9. The predicted molar refractivity (Wildman–Crippen MR) is 75.0 cm³/mol. The van der Waals surface area contributed by atoms with Crippen LogP contribution in [0, 0.1) is 0 Å². The van der Waals surface area contributed by atoms with Gasteiger partial charge in [0.25, 0.3) is 0 Å². The maximum Gasteiger partial charge on any atom is 0.0777 e. The van der Waals surface area contributed by atoms with Crippen LogP contribution >= 0.6 is 0 Å². The Balaban J connectivity index is 2.42. The molecule has 0 bridgehead atoms. The molecule has 4 nitrogen and oxygen atoms in total. The average Bonchev–Trinajstić information content (AvgIpc) is 2.36. The molecule has 1 rings (SSSR count). The third-order valence-electron chi connectivity index (χ3n) is 3.76. The molecule has 0 radical (unpaired) electrons. The Labute approximate surface area is 112 Å². The fraction of sp³-hybridized carbons (Fsp3) is 1.00. The summed E-state index contributed by atoms with van der Waals surface area (Å²) in [6, 6.07) is 0.425. The molecule has 2 unspecified atom stereocenters. The number of piperidine rings is 1. The Morgan fingerprint density at radius 3 is 2.78 bits per heavy atom. The fourth-order valence-corrected chi connectivity index (χ4v) is 2.67. The van der Waals surface area contributed by atoms with Crippen molar-refractivity contribution in [1.29, 1.82) is 0 Å². The van der Waals surface area contributed by atoms with E-state index in [1.54, 1.807) is 7.11 Å². The van der Waals surface area contributed by atoms with Crippen LogP contribution in [0.15, 0.2) is 0 Å². The molecule has 0 aliphatic carbocycles. The molecule has 0 aromatic heterocycles. The largest absolute Gasteiger partial charge is 0.383 e. The Morgan fingerprint density at radius 2 is 2.17 bits per heavy atom. The zero-order valence-electron chi connectivity index (χ0n) is 12.5. The van der Waals surface area contributed by atoms with E-state index in [9.17, 15) is 0 Å². The fourth-order valence-electron chi connectivity index (χ4n) is 2.67. The number of ether oxygens (including phenoxy) is 2. The van der Waals surface area contributed by atoms with Gasteiger partial charge in [-0.3, -0.25) is 4.90 Å². The molecule has 18 heavy (non-hydrogen) atoms. The molecule has 1 fully saturated rings. The lowest BCUT2D eigenvalue weighted by molar-refractivity contribution is -0.0537. The topological polar surface area (TPSA) is 33.7 Å². The maximum absolute atomic E-state index is 5.64. The van der Waals surface area contributed by atoms with Crippen LogP contribution in [-0.2, 0) is 9.47 Å². The first-order valence-corrected chi connectivity index (χ1v) is 7.13. The van der Waals surface area contributed by atoms with Gasteiger partial charge in [0.1, 0.15) is 0 Å². The van der Waals surface area contributed by atoms with Crippen molar-refractivity contribution in [2.24, 2.45) is 0 Å². The van der Waals surface area contributed by atoms with Gasteiger partial charge < -0.3 is 14.8 Å². The molecule has 0 amide bonds. The first kappa shape index (κ1) is 15.9. The lowest BCUT2D eigenvalue weighted by atomic mass is 9.94. The van der Waals surface area contributed by atoms with Gasteiger partial charge in [-0.1, -0.05) is 6.92 Å². The van der Waals surface area contributed by atoms with Crippen molar-refractivity contribution >= 4 is 0 Å². The molecule has 4 heteroatoms. The highest BCUT2D eigenvalue weighted by Crippen LogP contribution is 2.23. The molecule has 0 aromatic rings. The van der Waals surface area contributed by atoms with Crippen LogP contribution < -0.4 is 5.32 Å². The van der Waals surface area contributed by atoms with Gasteiger partial charge in [0.15, 0.2) is 0 Å². The third-order valence-corrected chi connectivity index (χ3v) is 3.76. The summed E-state index contributed by atoms with van der Waals surface area (Å²) in [5, 5.41) is 3.56. The summed E-state index contributed by atoms with van der Waals surface area (Å²) in [5.41, 5.74) is 0.0284. The molecule has 0 aromatic carbocycles. The molecule has 1 aliphatic heterocycles. The molecule has 1 N–H and O–H groups in total. The molecular formula is C14H30N2O2. The second-order valence-electron chi connectivity index (χ2n) is 5.60. The van der Waals surface area contributed by atoms with E-state index in [0.29, 0.717) is 6.04 Å².